The maximum atomic E-state index is 12.9. The number of nitrogens with one attached hydrogen (secondary N) is 1. The van der Waals surface area contributed by atoms with Crippen LogP contribution in [0.3, 0.4) is 0 Å². The molecule has 3 aromatic rings. The van der Waals surface area contributed by atoms with Crippen molar-refractivity contribution >= 4 is 29.4 Å². The lowest BCUT2D eigenvalue weighted by molar-refractivity contribution is 0.102. The van der Waals surface area contributed by atoms with Crippen LogP contribution in [0.25, 0.3) is 6.08 Å². The molecule has 3 rings (SSSR count). The van der Waals surface area contributed by atoms with E-state index >= 15 is 0 Å². The number of aromatic nitrogens is 2. The SMILES string of the molecule is C/C=C/c1cc(C(=O)Nc2ccnn2Cc2ccc(Cl)cc2)cc(OC)c1OC. The van der Waals surface area contributed by atoms with E-state index in [0.717, 1.165) is 11.1 Å². The van der Waals surface area contributed by atoms with Crippen LogP contribution in [0.2, 0.25) is 5.02 Å². The summed E-state index contributed by atoms with van der Waals surface area (Å²) in [6, 6.07) is 12.7. The lowest BCUT2D eigenvalue weighted by Crippen LogP contribution is -2.16. The van der Waals surface area contributed by atoms with Crippen molar-refractivity contribution in [2.45, 2.75) is 13.5 Å². The van der Waals surface area contributed by atoms with Crippen LogP contribution in [0.5, 0.6) is 11.5 Å². The number of carbonyl (C=O) groups is 1. The molecule has 0 bridgehead atoms. The number of anilines is 1. The number of carbonyl (C=O) groups excluding carboxylic acids is 1. The third-order valence-electron chi connectivity index (χ3n) is 4.32. The number of halogens is 1. The second-order valence-electron chi connectivity index (χ2n) is 6.26. The fourth-order valence-corrected chi connectivity index (χ4v) is 3.07. The number of amides is 1. The Bertz CT molecular complexity index is 1030. The Morgan fingerprint density at radius 1 is 1.17 bits per heavy atom. The Morgan fingerprint density at radius 2 is 1.93 bits per heavy atom. The first kappa shape index (κ1) is 20.5. The molecule has 29 heavy (non-hydrogen) atoms. The van der Waals surface area contributed by atoms with E-state index in [9.17, 15) is 4.79 Å². The molecular weight excluding hydrogens is 390 g/mol. The van der Waals surface area contributed by atoms with Gasteiger partial charge in [-0.2, -0.15) is 5.10 Å². The Morgan fingerprint density at radius 3 is 2.59 bits per heavy atom. The van der Waals surface area contributed by atoms with Gasteiger partial charge in [0.1, 0.15) is 5.82 Å². The number of nitrogens with zero attached hydrogens (tertiary/aromatic N) is 2. The van der Waals surface area contributed by atoms with Gasteiger partial charge in [-0.05, 0) is 36.8 Å². The molecule has 1 aromatic heterocycles. The van der Waals surface area contributed by atoms with Crippen LogP contribution in [0.1, 0.15) is 28.4 Å². The highest BCUT2D eigenvalue weighted by Crippen LogP contribution is 2.33. The van der Waals surface area contributed by atoms with Crippen LogP contribution in [-0.2, 0) is 6.54 Å². The van der Waals surface area contributed by atoms with Crippen LogP contribution in [0.4, 0.5) is 5.82 Å². The topological polar surface area (TPSA) is 65.4 Å². The summed E-state index contributed by atoms with van der Waals surface area (Å²) in [6.07, 6.45) is 5.38. The van der Waals surface area contributed by atoms with Crippen molar-refractivity contribution in [2.24, 2.45) is 0 Å². The third kappa shape index (κ3) is 4.78. The first-order chi connectivity index (χ1) is 14.0. The summed E-state index contributed by atoms with van der Waals surface area (Å²) >= 11 is 5.94. The van der Waals surface area contributed by atoms with Crippen molar-refractivity contribution in [3.63, 3.8) is 0 Å². The summed E-state index contributed by atoms with van der Waals surface area (Å²) in [5, 5.41) is 7.89. The van der Waals surface area contributed by atoms with Crippen LogP contribution in [-0.4, -0.2) is 29.9 Å². The largest absolute Gasteiger partial charge is 0.493 e. The van der Waals surface area contributed by atoms with Crippen molar-refractivity contribution in [3.8, 4) is 11.5 Å². The van der Waals surface area contributed by atoms with Gasteiger partial charge in [-0.3, -0.25) is 4.79 Å². The van der Waals surface area contributed by atoms with Gasteiger partial charge in [-0.25, -0.2) is 4.68 Å². The molecule has 0 saturated heterocycles. The molecule has 0 unspecified atom stereocenters. The van der Waals surface area contributed by atoms with E-state index in [1.165, 1.54) is 0 Å². The van der Waals surface area contributed by atoms with Crippen LogP contribution < -0.4 is 14.8 Å². The molecule has 0 aliphatic rings. The van der Waals surface area contributed by atoms with E-state index in [-0.39, 0.29) is 5.91 Å². The lowest BCUT2D eigenvalue weighted by Gasteiger charge is -2.14. The van der Waals surface area contributed by atoms with Gasteiger partial charge in [0, 0.05) is 22.2 Å². The van der Waals surface area contributed by atoms with Gasteiger partial charge >= 0.3 is 0 Å². The van der Waals surface area contributed by atoms with Gasteiger partial charge in [0.2, 0.25) is 0 Å². The maximum absolute atomic E-state index is 12.9. The van der Waals surface area contributed by atoms with E-state index < -0.39 is 0 Å². The molecule has 2 aromatic carbocycles. The Labute approximate surface area is 174 Å². The first-order valence-corrected chi connectivity index (χ1v) is 9.39. The summed E-state index contributed by atoms with van der Waals surface area (Å²) in [5.74, 6) is 1.39. The van der Waals surface area contributed by atoms with Gasteiger partial charge in [0.25, 0.3) is 5.91 Å². The molecule has 7 heteroatoms. The number of hydrogen-bond donors (Lipinski definition) is 1. The normalized spacial score (nSPS) is 10.9. The van der Waals surface area contributed by atoms with Gasteiger partial charge in [-0.1, -0.05) is 35.9 Å². The van der Waals surface area contributed by atoms with Crippen molar-refractivity contribution in [1.82, 2.24) is 9.78 Å². The van der Waals surface area contributed by atoms with Crippen LogP contribution in [0, 0.1) is 0 Å². The zero-order chi connectivity index (χ0) is 20.8. The third-order valence-corrected chi connectivity index (χ3v) is 4.57. The standard InChI is InChI=1S/C22H22ClN3O3/c1-4-5-16-12-17(13-19(28-2)21(16)29-3)22(27)25-20-10-11-24-26(20)14-15-6-8-18(23)9-7-15/h4-13H,14H2,1-3H3,(H,25,27)/b5-4+. The molecule has 0 fully saturated rings. The van der Waals surface area contributed by atoms with Crippen LogP contribution >= 0.6 is 11.6 Å². The average Bonchev–Trinajstić information content (AvgIpc) is 3.15. The molecule has 0 saturated carbocycles. The van der Waals surface area contributed by atoms with Crippen molar-refractivity contribution < 1.29 is 14.3 Å². The number of rotatable bonds is 7. The molecule has 0 radical (unpaired) electrons. The Balaban J connectivity index is 1.85. The summed E-state index contributed by atoms with van der Waals surface area (Å²) in [5.41, 5.74) is 2.24. The summed E-state index contributed by atoms with van der Waals surface area (Å²) in [4.78, 5) is 12.9. The smallest absolute Gasteiger partial charge is 0.256 e. The fraction of sp³-hybridized carbons (Fsp3) is 0.182. The molecular formula is C22H22ClN3O3. The van der Waals surface area contributed by atoms with E-state index in [4.69, 9.17) is 21.1 Å². The molecule has 0 atom stereocenters. The minimum atomic E-state index is -0.269. The van der Waals surface area contributed by atoms with E-state index in [1.54, 1.807) is 43.3 Å². The lowest BCUT2D eigenvalue weighted by atomic mass is 10.1. The fourth-order valence-electron chi connectivity index (χ4n) is 2.94. The van der Waals surface area contributed by atoms with Gasteiger partial charge in [0.15, 0.2) is 11.5 Å². The summed E-state index contributed by atoms with van der Waals surface area (Å²) < 4.78 is 12.5. The number of allylic oxidation sites excluding steroid dienone is 1. The second-order valence-corrected chi connectivity index (χ2v) is 6.69. The molecule has 150 valence electrons. The minimum Gasteiger partial charge on any atom is -0.493 e. The molecule has 0 aliphatic carbocycles. The first-order valence-electron chi connectivity index (χ1n) is 9.02. The molecule has 1 heterocycles. The van der Waals surface area contributed by atoms with Gasteiger partial charge in [-0.15, -0.1) is 0 Å². The number of benzene rings is 2. The zero-order valence-corrected chi connectivity index (χ0v) is 17.2. The van der Waals surface area contributed by atoms with E-state index in [0.29, 0.717) is 34.4 Å². The molecule has 1 amide bonds. The average molecular weight is 412 g/mol. The number of ether oxygens (including phenoxy) is 2. The molecule has 0 aliphatic heterocycles. The highest BCUT2D eigenvalue weighted by molar-refractivity contribution is 6.30. The van der Waals surface area contributed by atoms with Crippen LogP contribution in [0.15, 0.2) is 54.7 Å². The highest BCUT2D eigenvalue weighted by Gasteiger charge is 2.16. The quantitative estimate of drug-likeness (QED) is 0.601. The zero-order valence-electron chi connectivity index (χ0n) is 16.5. The Hall–Kier alpha value is -3.25. The van der Waals surface area contributed by atoms with Crippen molar-refractivity contribution in [2.75, 3.05) is 19.5 Å². The minimum absolute atomic E-state index is 0.269. The molecule has 6 nitrogen and oxygen atoms in total. The monoisotopic (exact) mass is 411 g/mol. The van der Waals surface area contributed by atoms with Crippen molar-refractivity contribution in [3.05, 3.63) is 76.5 Å². The van der Waals surface area contributed by atoms with Crippen molar-refractivity contribution in [1.29, 1.82) is 0 Å². The Kier molecular flexibility index (Phi) is 6.57. The van der Waals surface area contributed by atoms with Gasteiger partial charge in [0.05, 0.1) is 27.0 Å². The summed E-state index contributed by atoms with van der Waals surface area (Å²) in [7, 11) is 3.11. The predicted molar refractivity (Wildman–Crippen MR) is 115 cm³/mol. The predicted octanol–water partition coefficient (Wildman–Crippen LogP) is 4.89. The number of methoxy groups -OCH3 is 2. The van der Waals surface area contributed by atoms with E-state index in [1.807, 2.05) is 43.3 Å². The summed E-state index contributed by atoms with van der Waals surface area (Å²) in [6.45, 7) is 2.41. The maximum Gasteiger partial charge on any atom is 0.256 e. The highest BCUT2D eigenvalue weighted by atomic mass is 35.5. The molecule has 0 spiro atoms. The number of hydrogen-bond acceptors (Lipinski definition) is 4. The second kappa shape index (κ2) is 9.30. The van der Waals surface area contributed by atoms with Gasteiger partial charge < -0.3 is 14.8 Å². The molecule has 1 N–H and O–H groups in total. The van der Waals surface area contributed by atoms with E-state index in [2.05, 4.69) is 10.4 Å².